The zero-order valence-corrected chi connectivity index (χ0v) is 14.8. The molecule has 0 radical (unpaired) electrons. The zero-order valence-electron chi connectivity index (χ0n) is 10.8. The van der Waals surface area contributed by atoms with Gasteiger partial charge in [0.2, 0.25) is 0 Å². The van der Waals surface area contributed by atoms with Gasteiger partial charge in [-0.2, -0.15) is 0 Å². The number of thiophene rings is 1. The number of rotatable bonds is 5. The van der Waals surface area contributed by atoms with E-state index in [0.29, 0.717) is 13.0 Å². The van der Waals surface area contributed by atoms with Crippen molar-refractivity contribution in [3.63, 3.8) is 0 Å². The van der Waals surface area contributed by atoms with E-state index in [1.54, 1.807) is 11.3 Å². The maximum Gasteiger partial charge on any atom is 0.307 e. The molecule has 2 rings (SSSR count). The molecule has 0 amide bonds. The summed E-state index contributed by atoms with van der Waals surface area (Å²) in [5.74, 6) is -0.111. The maximum absolute atomic E-state index is 11.8. The van der Waals surface area contributed by atoms with Gasteiger partial charge in [-0.1, -0.05) is 0 Å². The second kappa shape index (κ2) is 7.20. The van der Waals surface area contributed by atoms with Crippen LogP contribution < -0.4 is 0 Å². The summed E-state index contributed by atoms with van der Waals surface area (Å²) in [6.45, 7) is 4.43. The van der Waals surface area contributed by atoms with Gasteiger partial charge in [0.15, 0.2) is 0 Å². The van der Waals surface area contributed by atoms with Crippen molar-refractivity contribution in [2.75, 3.05) is 19.7 Å². The van der Waals surface area contributed by atoms with Crippen LogP contribution in [0.4, 0.5) is 0 Å². The molecule has 19 heavy (non-hydrogen) atoms. The molecule has 1 saturated heterocycles. The van der Waals surface area contributed by atoms with Crippen molar-refractivity contribution in [2.45, 2.75) is 32.2 Å². The molecule has 1 unspecified atom stereocenters. The number of esters is 1. The van der Waals surface area contributed by atoms with Crippen LogP contribution in [0, 0.1) is 0 Å². The summed E-state index contributed by atoms with van der Waals surface area (Å²) >= 11 is 8.74. The van der Waals surface area contributed by atoms with E-state index in [1.165, 1.54) is 17.7 Å². The van der Waals surface area contributed by atoms with Crippen molar-refractivity contribution in [2.24, 2.45) is 0 Å². The van der Waals surface area contributed by atoms with E-state index in [1.807, 2.05) is 6.92 Å². The fraction of sp³-hybridized carbons (Fsp3) is 0.615. The van der Waals surface area contributed by atoms with E-state index in [4.69, 9.17) is 4.74 Å². The number of halogens is 2. The molecule has 0 aromatic carbocycles. The Morgan fingerprint density at radius 3 is 2.68 bits per heavy atom. The molecule has 1 fully saturated rings. The van der Waals surface area contributed by atoms with Crippen LogP contribution >= 0.6 is 43.2 Å². The molecule has 0 bridgehead atoms. The molecule has 0 spiro atoms. The number of hydrogen-bond donors (Lipinski definition) is 0. The lowest BCUT2D eigenvalue weighted by molar-refractivity contribution is -0.144. The predicted octanol–water partition coefficient (Wildman–Crippen LogP) is 4.36. The van der Waals surface area contributed by atoms with Gasteiger partial charge in [-0.3, -0.25) is 9.69 Å². The summed E-state index contributed by atoms with van der Waals surface area (Å²) in [6, 6.07) is 2.26. The Kier molecular flexibility index (Phi) is 5.87. The minimum atomic E-state index is -0.111. The van der Waals surface area contributed by atoms with E-state index in [0.717, 1.165) is 21.3 Å². The van der Waals surface area contributed by atoms with Gasteiger partial charge in [0, 0.05) is 9.35 Å². The highest BCUT2D eigenvalue weighted by atomic mass is 79.9. The van der Waals surface area contributed by atoms with Crippen LogP contribution in [0.1, 0.15) is 37.1 Å². The number of hydrogen-bond acceptors (Lipinski definition) is 4. The van der Waals surface area contributed by atoms with Crippen LogP contribution in [0.15, 0.2) is 14.3 Å². The quantitative estimate of drug-likeness (QED) is 0.675. The van der Waals surface area contributed by atoms with Crippen LogP contribution in [0.25, 0.3) is 0 Å². The summed E-state index contributed by atoms with van der Waals surface area (Å²) < 4.78 is 7.24. The van der Waals surface area contributed by atoms with E-state index < -0.39 is 0 Å². The molecule has 0 N–H and O–H groups in total. The van der Waals surface area contributed by atoms with Gasteiger partial charge >= 0.3 is 5.97 Å². The number of ether oxygens (including phenoxy) is 1. The lowest BCUT2D eigenvalue weighted by Crippen LogP contribution is -2.27. The fourth-order valence-corrected chi connectivity index (χ4v) is 4.59. The molecule has 0 saturated carbocycles. The lowest BCUT2D eigenvalue weighted by atomic mass is 10.1. The molecule has 1 aromatic rings. The minimum Gasteiger partial charge on any atom is -0.466 e. The monoisotopic (exact) mass is 409 g/mol. The first-order chi connectivity index (χ1) is 9.11. The summed E-state index contributed by atoms with van der Waals surface area (Å²) in [7, 11) is 0. The van der Waals surface area contributed by atoms with Crippen molar-refractivity contribution < 1.29 is 9.53 Å². The number of nitrogens with zero attached hydrogens (tertiary/aromatic N) is 1. The highest BCUT2D eigenvalue weighted by Crippen LogP contribution is 2.39. The maximum atomic E-state index is 11.8. The highest BCUT2D eigenvalue weighted by Gasteiger charge is 2.28. The summed E-state index contributed by atoms with van der Waals surface area (Å²) in [4.78, 5) is 15.4. The van der Waals surface area contributed by atoms with Crippen LogP contribution in [-0.2, 0) is 9.53 Å². The Morgan fingerprint density at radius 2 is 2.16 bits per heavy atom. The number of carbonyl (C=O) groups excluding carboxylic acids is 1. The molecular formula is C13H17Br2NO2S. The molecule has 0 aliphatic carbocycles. The molecule has 106 valence electrons. The van der Waals surface area contributed by atoms with Crippen molar-refractivity contribution in [3.05, 3.63) is 19.2 Å². The smallest absolute Gasteiger partial charge is 0.307 e. The first kappa shape index (κ1) is 15.5. The van der Waals surface area contributed by atoms with Crippen molar-refractivity contribution in [1.29, 1.82) is 0 Å². The third-order valence-corrected chi connectivity index (χ3v) is 6.60. The van der Waals surface area contributed by atoms with Crippen molar-refractivity contribution in [3.8, 4) is 0 Å². The van der Waals surface area contributed by atoms with Gasteiger partial charge in [0.1, 0.15) is 0 Å². The fourth-order valence-electron chi connectivity index (χ4n) is 2.37. The predicted molar refractivity (Wildman–Crippen MR) is 84.5 cm³/mol. The third kappa shape index (κ3) is 4.03. The molecule has 2 heterocycles. The van der Waals surface area contributed by atoms with Gasteiger partial charge in [0.25, 0.3) is 0 Å². The van der Waals surface area contributed by atoms with E-state index in [2.05, 4.69) is 42.8 Å². The Hall–Kier alpha value is 0.0900. The van der Waals surface area contributed by atoms with Crippen LogP contribution in [0.2, 0.25) is 0 Å². The number of carbonyl (C=O) groups is 1. The van der Waals surface area contributed by atoms with Crippen LogP contribution in [-0.4, -0.2) is 30.6 Å². The summed E-state index contributed by atoms with van der Waals surface area (Å²) in [6.07, 6.45) is 2.87. The first-order valence-corrected chi connectivity index (χ1v) is 8.86. The van der Waals surface area contributed by atoms with E-state index in [9.17, 15) is 4.79 Å². The standard InChI is InChI=1S/C13H17Br2NO2S/c1-2-18-12(17)8-10(16-5-3-4-6-16)11-7-9(14)13(15)19-11/h7,10H,2-6,8H2,1H3. The van der Waals surface area contributed by atoms with Gasteiger partial charge in [-0.25, -0.2) is 0 Å². The average Bonchev–Trinajstić information content (AvgIpc) is 2.98. The van der Waals surface area contributed by atoms with Crippen LogP contribution in [0.3, 0.4) is 0 Å². The second-order valence-corrected chi connectivity index (χ2v) is 7.79. The summed E-state index contributed by atoms with van der Waals surface area (Å²) in [5.41, 5.74) is 0. The molecule has 3 nitrogen and oxygen atoms in total. The van der Waals surface area contributed by atoms with Gasteiger partial charge in [0.05, 0.1) is 22.9 Å². The number of likely N-dealkylation sites (tertiary alicyclic amines) is 1. The largest absolute Gasteiger partial charge is 0.466 e. The molecular weight excluding hydrogens is 394 g/mol. The zero-order chi connectivity index (χ0) is 13.8. The SMILES string of the molecule is CCOC(=O)CC(c1cc(Br)c(Br)s1)N1CCCC1. The molecule has 6 heteroatoms. The molecule has 1 aliphatic heterocycles. The Balaban J connectivity index is 2.15. The van der Waals surface area contributed by atoms with Crippen LogP contribution in [0.5, 0.6) is 0 Å². The topological polar surface area (TPSA) is 29.5 Å². The van der Waals surface area contributed by atoms with Gasteiger partial charge < -0.3 is 4.74 Å². The molecule has 1 aliphatic rings. The first-order valence-electron chi connectivity index (χ1n) is 6.46. The van der Waals surface area contributed by atoms with Gasteiger partial charge in [-0.15, -0.1) is 11.3 Å². The normalized spacial score (nSPS) is 17.6. The average molecular weight is 411 g/mol. The highest BCUT2D eigenvalue weighted by molar-refractivity contribution is 9.13. The molecule has 1 aromatic heterocycles. The molecule has 1 atom stereocenters. The van der Waals surface area contributed by atoms with Gasteiger partial charge in [-0.05, 0) is 70.8 Å². The lowest BCUT2D eigenvalue weighted by Gasteiger charge is -2.25. The Labute approximate surface area is 134 Å². The van der Waals surface area contributed by atoms with E-state index >= 15 is 0 Å². The summed E-state index contributed by atoms with van der Waals surface area (Å²) in [5, 5.41) is 0. The minimum absolute atomic E-state index is 0.111. The Bertz CT molecular complexity index is 424. The Morgan fingerprint density at radius 1 is 1.47 bits per heavy atom. The third-order valence-electron chi connectivity index (χ3n) is 3.24. The van der Waals surface area contributed by atoms with Crippen molar-refractivity contribution in [1.82, 2.24) is 4.90 Å². The second-order valence-electron chi connectivity index (χ2n) is 4.54. The van der Waals surface area contributed by atoms with E-state index in [-0.39, 0.29) is 12.0 Å². The van der Waals surface area contributed by atoms with Crippen molar-refractivity contribution >= 4 is 49.2 Å².